The lowest BCUT2D eigenvalue weighted by atomic mass is 10.2. The van der Waals surface area contributed by atoms with E-state index < -0.39 is 11.6 Å². The number of hydrogen-bond acceptors (Lipinski definition) is 4. The minimum Gasteiger partial charge on any atom is -0.490 e. The maximum atomic E-state index is 13.4. The van der Waals surface area contributed by atoms with Crippen LogP contribution >= 0.6 is 0 Å². The van der Waals surface area contributed by atoms with Crippen LogP contribution in [0.25, 0.3) is 0 Å². The van der Waals surface area contributed by atoms with Crippen molar-refractivity contribution in [2.45, 2.75) is 12.5 Å². The highest BCUT2D eigenvalue weighted by molar-refractivity contribution is 5.76. The van der Waals surface area contributed by atoms with Crippen molar-refractivity contribution in [3.63, 3.8) is 0 Å². The second-order valence-corrected chi connectivity index (χ2v) is 5.47. The molecule has 1 heterocycles. The highest BCUT2D eigenvalue weighted by Gasteiger charge is 2.20. The second-order valence-electron chi connectivity index (χ2n) is 5.47. The van der Waals surface area contributed by atoms with Crippen molar-refractivity contribution < 1.29 is 27.8 Å². The summed E-state index contributed by atoms with van der Waals surface area (Å²) in [5, 5.41) is 2.72. The molecule has 0 saturated heterocycles. The number of nitrogens with one attached hydrogen (secondary N) is 1. The molecule has 5 nitrogen and oxygen atoms in total. The van der Waals surface area contributed by atoms with Crippen molar-refractivity contribution in [1.29, 1.82) is 0 Å². The van der Waals surface area contributed by atoms with Crippen molar-refractivity contribution in [2.75, 3.05) is 19.8 Å². The Morgan fingerprint density at radius 1 is 1.20 bits per heavy atom. The number of rotatable bonds is 6. The van der Waals surface area contributed by atoms with Gasteiger partial charge in [-0.2, -0.15) is 0 Å². The smallest absolute Gasteiger partial charge is 0.223 e. The van der Waals surface area contributed by atoms with Crippen molar-refractivity contribution in [3.05, 3.63) is 54.1 Å². The summed E-state index contributed by atoms with van der Waals surface area (Å²) in [4.78, 5) is 11.8. The lowest BCUT2D eigenvalue weighted by Gasteiger charge is -2.26. The van der Waals surface area contributed by atoms with Crippen molar-refractivity contribution in [1.82, 2.24) is 5.32 Å². The second kappa shape index (κ2) is 7.83. The fraction of sp³-hybridized carbons (Fsp3) is 0.278. The van der Waals surface area contributed by atoms with Gasteiger partial charge >= 0.3 is 0 Å². The predicted octanol–water partition coefficient (Wildman–Crippen LogP) is 2.69. The largest absolute Gasteiger partial charge is 0.490 e. The van der Waals surface area contributed by atoms with E-state index in [-0.39, 0.29) is 37.3 Å². The first-order chi connectivity index (χ1) is 12.1. The summed E-state index contributed by atoms with van der Waals surface area (Å²) in [5.74, 6) is -0.506. The normalized spacial score (nSPS) is 15.5. The summed E-state index contributed by atoms with van der Waals surface area (Å²) in [6, 6.07) is 10.3. The van der Waals surface area contributed by atoms with Gasteiger partial charge in [-0.05, 0) is 24.3 Å². The Bertz CT molecular complexity index is 754. The molecule has 3 rings (SSSR count). The van der Waals surface area contributed by atoms with E-state index in [0.29, 0.717) is 18.1 Å². The van der Waals surface area contributed by atoms with Gasteiger partial charge in [0.1, 0.15) is 18.5 Å². The molecule has 0 radical (unpaired) electrons. The van der Waals surface area contributed by atoms with Gasteiger partial charge in [-0.25, -0.2) is 8.78 Å². The van der Waals surface area contributed by atoms with E-state index in [4.69, 9.17) is 14.2 Å². The van der Waals surface area contributed by atoms with E-state index in [1.807, 2.05) is 18.2 Å². The van der Waals surface area contributed by atoms with Gasteiger partial charge in [0.15, 0.2) is 23.1 Å². The van der Waals surface area contributed by atoms with Crippen molar-refractivity contribution in [3.8, 4) is 17.2 Å². The molecule has 0 aliphatic carbocycles. The van der Waals surface area contributed by atoms with Gasteiger partial charge in [-0.15, -0.1) is 0 Å². The Balaban J connectivity index is 1.39. The van der Waals surface area contributed by atoms with Gasteiger partial charge in [0.05, 0.1) is 19.6 Å². The highest BCUT2D eigenvalue weighted by atomic mass is 19.1. The number of carbonyl (C=O) groups excluding carboxylic acids is 1. The molecule has 1 aliphatic rings. The molecule has 0 bridgehead atoms. The monoisotopic (exact) mass is 349 g/mol. The van der Waals surface area contributed by atoms with Gasteiger partial charge in [-0.3, -0.25) is 4.79 Å². The van der Waals surface area contributed by atoms with Crippen LogP contribution in [0.15, 0.2) is 42.5 Å². The van der Waals surface area contributed by atoms with Crippen LogP contribution in [-0.4, -0.2) is 31.8 Å². The van der Waals surface area contributed by atoms with Gasteiger partial charge in [0, 0.05) is 6.07 Å². The summed E-state index contributed by atoms with van der Waals surface area (Å²) in [6.45, 7) is 0.617. The van der Waals surface area contributed by atoms with Gasteiger partial charge < -0.3 is 19.5 Å². The molecular weight excluding hydrogens is 332 g/mol. The first-order valence-electron chi connectivity index (χ1n) is 7.85. The lowest BCUT2D eigenvalue weighted by Crippen LogP contribution is -2.41. The molecule has 0 saturated carbocycles. The fourth-order valence-corrected chi connectivity index (χ4v) is 2.33. The number of carbonyl (C=O) groups is 1. The van der Waals surface area contributed by atoms with E-state index in [1.165, 1.54) is 6.07 Å². The Hall–Kier alpha value is -2.83. The van der Waals surface area contributed by atoms with Gasteiger partial charge in [0.2, 0.25) is 5.91 Å². The summed E-state index contributed by atoms with van der Waals surface area (Å²) < 4.78 is 42.6. The third-order valence-corrected chi connectivity index (χ3v) is 3.58. The number of para-hydroxylation sites is 2. The Morgan fingerprint density at radius 3 is 2.80 bits per heavy atom. The molecule has 0 spiro atoms. The molecule has 2 aromatic carbocycles. The number of fused-ring (bicyclic) bond motifs is 1. The average Bonchev–Trinajstić information content (AvgIpc) is 2.61. The zero-order chi connectivity index (χ0) is 17.6. The van der Waals surface area contributed by atoms with Crippen LogP contribution < -0.4 is 19.5 Å². The topological polar surface area (TPSA) is 56.8 Å². The molecule has 1 aliphatic heterocycles. The maximum Gasteiger partial charge on any atom is 0.223 e. The Morgan fingerprint density at radius 2 is 2.00 bits per heavy atom. The van der Waals surface area contributed by atoms with Crippen LogP contribution in [0, 0.1) is 11.6 Å². The van der Waals surface area contributed by atoms with E-state index in [0.717, 1.165) is 12.1 Å². The minimum absolute atomic E-state index is 0.0146. The molecule has 0 aromatic heterocycles. The maximum absolute atomic E-state index is 13.4. The summed E-state index contributed by atoms with van der Waals surface area (Å²) in [7, 11) is 0. The molecule has 25 heavy (non-hydrogen) atoms. The minimum atomic E-state index is -0.799. The number of benzene rings is 2. The molecule has 1 amide bonds. The molecular formula is C18H17F2NO4. The molecule has 7 heteroatoms. The van der Waals surface area contributed by atoms with Crippen LogP contribution in [0.3, 0.4) is 0 Å². The van der Waals surface area contributed by atoms with Crippen LogP contribution in [0.1, 0.15) is 6.42 Å². The summed E-state index contributed by atoms with van der Waals surface area (Å²) in [5.41, 5.74) is 0. The highest BCUT2D eigenvalue weighted by Crippen LogP contribution is 2.30. The standard InChI is InChI=1S/C18H17F2NO4/c19-12-5-6-15(14(20)9-12)23-8-7-18(22)21-10-13-11-24-16-3-1-2-4-17(16)25-13/h1-6,9,13H,7-8,10-11H2,(H,21,22)/t13-/m1/s1. The van der Waals surface area contributed by atoms with Crippen LogP contribution in [0.4, 0.5) is 8.78 Å². The number of hydrogen-bond donors (Lipinski definition) is 1. The van der Waals surface area contributed by atoms with E-state index >= 15 is 0 Å². The number of halogens is 2. The van der Waals surface area contributed by atoms with Crippen molar-refractivity contribution >= 4 is 5.91 Å². The molecule has 2 aromatic rings. The number of amides is 1. The van der Waals surface area contributed by atoms with Crippen LogP contribution in [-0.2, 0) is 4.79 Å². The van der Waals surface area contributed by atoms with Gasteiger partial charge in [-0.1, -0.05) is 12.1 Å². The average molecular weight is 349 g/mol. The quantitative estimate of drug-likeness (QED) is 0.871. The van der Waals surface area contributed by atoms with Gasteiger partial charge in [0.25, 0.3) is 0 Å². The predicted molar refractivity (Wildman–Crippen MR) is 85.8 cm³/mol. The zero-order valence-corrected chi connectivity index (χ0v) is 13.3. The molecule has 132 valence electrons. The zero-order valence-electron chi connectivity index (χ0n) is 13.3. The lowest BCUT2D eigenvalue weighted by molar-refractivity contribution is -0.122. The first kappa shape index (κ1) is 17.0. The van der Waals surface area contributed by atoms with E-state index in [1.54, 1.807) is 6.07 Å². The molecule has 0 unspecified atom stereocenters. The Kier molecular flexibility index (Phi) is 5.33. The number of ether oxygens (including phenoxy) is 3. The van der Waals surface area contributed by atoms with Crippen molar-refractivity contribution in [2.24, 2.45) is 0 Å². The summed E-state index contributed by atoms with van der Waals surface area (Å²) >= 11 is 0. The SMILES string of the molecule is O=C(CCOc1ccc(F)cc1F)NC[C@@H]1COc2ccccc2O1. The van der Waals surface area contributed by atoms with E-state index in [2.05, 4.69) is 5.32 Å². The third kappa shape index (κ3) is 4.59. The van der Waals surface area contributed by atoms with Crippen LogP contribution in [0.2, 0.25) is 0 Å². The fourth-order valence-electron chi connectivity index (χ4n) is 2.33. The third-order valence-electron chi connectivity index (χ3n) is 3.58. The first-order valence-corrected chi connectivity index (χ1v) is 7.85. The van der Waals surface area contributed by atoms with E-state index in [9.17, 15) is 13.6 Å². The molecule has 0 fully saturated rings. The molecule has 1 atom stereocenters. The molecule has 1 N–H and O–H groups in total. The summed E-state index contributed by atoms with van der Waals surface area (Å²) in [6.07, 6.45) is -0.240. The van der Waals surface area contributed by atoms with Crippen LogP contribution in [0.5, 0.6) is 17.2 Å². The Labute approximate surface area is 143 Å².